The normalized spacial score (nSPS) is 13.9. The molecule has 170 valence electrons. The molecular formula is C26H27N3O4. The van der Waals surface area contributed by atoms with E-state index >= 15 is 0 Å². The van der Waals surface area contributed by atoms with Gasteiger partial charge in [0.25, 0.3) is 0 Å². The summed E-state index contributed by atoms with van der Waals surface area (Å²) in [6.07, 6.45) is 2.85. The van der Waals surface area contributed by atoms with E-state index in [1.807, 2.05) is 61.7 Å². The predicted molar refractivity (Wildman–Crippen MR) is 126 cm³/mol. The molecule has 7 heteroatoms. The van der Waals surface area contributed by atoms with Crippen molar-refractivity contribution in [3.05, 3.63) is 95.9 Å². The number of para-hydroxylation sites is 1. The van der Waals surface area contributed by atoms with Crippen LogP contribution >= 0.6 is 0 Å². The van der Waals surface area contributed by atoms with Crippen molar-refractivity contribution >= 4 is 17.0 Å². The van der Waals surface area contributed by atoms with E-state index in [-0.39, 0.29) is 5.92 Å². The number of nitrogens with two attached hydrogens (primary N) is 1. The van der Waals surface area contributed by atoms with Gasteiger partial charge in [0.15, 0.2) is 0 Å². The fourth-order valence-corrected chi connectivity index (χ4v) is 4.04. The van der Waals surface area contributed by atoms with Gasteiger partial charge in [-0.05, 0) is 29.7 Å². The summed E-state index contributed by atoms with van der Waals surface area (Å²) in [6, 6.07) is 19.4. The Morgan fingerprint density at radius 2 is 1.94 bits per heavy atom. The number of carbonyl (C=O) groups excluding carboxylic acids is 1. The van der Waals surface area contributed by atoms with E-state index in [4.69, 9.17) is 15.2 Å². The van der Waals surface area contributed by atoms with Gasteiger partial charge in [0.1, 0.15) is 24.6 Å². The lowest BCUT2D eigenvalue weighted by molar-refractivity contribution is -0.0237. The number of H-pyrrole nitrogens is 1. The van der Waals surface area contributed by atoms with Gasteiger partial charge in [-0.1, -0.05) is 55.5 Å². The molecular weight excluding hydrogens is 418 g/mol. The molecule has 0 spiro atoms. The number of primary amides is 1. The van der Waals surface area contributed by atoms with E-state index in [9.17, 15) is 9.90 Å². The van der Waals surface area contributed by atoms with Crippen LogP contribution in [-0.4, -0.2) is 27.3 Å². The minimum Gasteiger partial charge on any atom is -0.487 e. The number of fused-ring (bicyclic) bond motifs is 1. The number of aliphatic hydroxyl groups is 1. The Balaban J connectivity index is 1.53. The average Bonchev–Trinajstić information content (AvgIpc) is 3.25. The van der Waals surface area contributed by atoms with Crippen molar-refractivity contribution < 1.29 is 19.4 Å². The molecule has 0 aliphatic carbocycles. The largest absolute Gasteiger partial charge is 0.487 e. The summed E-state index contributed by atoms with van der Waals surface area (Å²) in [5.74, 6) is 0.538. The van der Waals surface area contributed by atoms with Crippen LogP contribution in [0.5, 0.6) is 5.75 Å². The SMILES string of the molecule is CC(Cc1c[nH]c2c(OCc3ccccc3)cccc12)[C@@H](OC(N)=O)[C@H](O)c1cccnc1. The maximum atomic E-state index is 11.5. The summed E-state index contributed by atoms with van der Waals surface area (Å²) in [5.41, 5.74) is 8.88. The zero-order chi connectivity index (χ0) is 23.2. The number of amides is 1. The van der Waals surface area contributed by atoms with Crippen LogP contribution in [0.2, 0.25) is 0 Å². The van der Waals surface area contributed by atoms with Crippen LogP contribution in [0.15, 0.2) is 79.3 Å². The third-order valence-corrected chi connectivity index (χ3v) is 5.69. The summed E-state index contributed by atoms with van der Waals surface area (Å²) in [7, 11) is 0. The van der Waals surface area contributed by atoms with Crippen molar-refractivity contribution in [2.45, 2.75) is 32.2 Å². The lowest BCUT2D eigenvalue weighted by Crippen LogP contribution is -2.34. The lowest BCUT2D eigenvalue weighted by atomic mass is 9.90. The van der Waals surface area contributed by atoms with Crippen LogP contribution in [-0.2, 0) is 17.8 Å². The van der Waals surface area contributed by atoms with Crippen molar-refractivity contribution in [1.29, 1.82) is 0 Å². The van der Waals surface area contributed by atoms with Crippen molar-refractivity contribution in [3.8, 4) is 5.75 Å². The second-order valence-corrected chi connectivity index (χ2v) is 8.08. The molecule has 4 aromatic rings. The first-order valence-electron chi connectivity index (χ1n) is 10.8. The number of rotatable bonds is 9. The molecule has 33 heavy (non-hydrogen) atoms. The molecule has 0 aliphatic rings. The van der Waals surface area contributed by atoms with E-state index in [1.54, 1.807) is 24.5 Å². The predicted octanol–water partition coefficient (Wildman–Crippen LogP) is 4.52. The van der Waals surface area contributed by atoms with E-state index in [0.29, 0.717) is 18.6 Å². The maximum Gasteiger partial charge on any atom is 0.404 e. The first kappa shape index (κ1) is 22.4. The zero-order valence-corrected chi connectivity index (χ0v) is 18.3. The average molecular weight is 446 g/mol. The zero-order valence-electron chi connectivity index (χ0n) is 18.3. The molecule has 1 amide bonds. The summed E-state index contributed by atoms with van der Waals surface area (Å²) < 4.78 is 11.4. The standard InChI is InChI=1S/C26H27N3O4/c1-17(25(33-26(27)31)24(30)19-9-6-12-28-14-19)13-20-15-29-23-21(20)10-5-11-22(23)32-16-18-7-3-2-4-8-18/h2-12,14-15,17,24-25,29-30H,13,16H2,1H3,(H2,27,31)/t17?,24-,25-/m1/s1. The molecule has 2 heterocycles. The van der Waals surface area contributed by atoms with E-state index in [2.05, 4.69) is 9.97 Å². The van der Waals surface area contributed by atoms with Gasteiger partial charge in [-0.2, -0.15) is 0 Å². The van der Waals surface area contributed by atoms with Gasteiger partial charge < -0.3 is 25.3 Å². The van der Waals surface area contributed by atoms with Crippen molar-refractivity contribution in [2.24, 2.45) is 11.7 Å². The summed E-state index contributed by atoms with van der Waals surface area (Å²) >= 11 is 0. The molecule has 0 radical (unpaired) electrons. The Labute approximate surface area is 192 Å². The topological polar surface area (TPSA) is 110 Å². The van der Waals surface area contributed by atoms with Gasteiger partial charge in [-0.25, -0.2) is 4.79 Å². The number of aromatic nitrogens is 2. The van der Waals surface area contributed by atoms with Crippen LogP contribution in [0.1, 0.15) is 29.7 Å². The number of aliphatic hydroxyl groups excluding tert-OH is 1. The molecule has 4 rings (SSSR count). The van der Waals surface area contributed by atoms with Gasteiger partial charge >= 0.3 is 6.09 Å². The van der Waals surface area contributed by atoms with Crippen molar-refractivity contribution in [2.75, 3.05) is 0 Å². The summed E-state index contributed by atoms with van der Waals surface area (Å²) in [5, 5.41) is 11.9. The molecule has 0 saturated carbocycles. The van der Waals surface area contributed by atoms with Crippen LogP contribution in [0.3, 0.4) is 0 Å². The van der Waals surface area contributed by atoms with E-state index in [1.165, 1.54) is 0 Å². The van der Waals surface area contributed by atoms with Gasteiger partial charge in [-0.15, -0.1) is 0 Å². The molecule has 1 unspecified atom stereocenters. The third-order valence-electron chi connectivity index (χ3n) is 5.69. The Hall–Kier alpha value is -3.84. The van der Waals surface area contributed by atoms with Gasteiger partial charge in [0.2, 0.25) is 0 Å². The van der Waals surface area contributed by atoms with Crippen LogP contribution in [0, 0.1) is 5.92 Å². The smallest absolute Gasteiger partial charge is 0.404 e. The van der Waals surface area contributed by atoms with Crippen molar-refractivity contribution in [3.63, 3.8) is 0 Å². The number of nitrogens with zero attached hydrogens (tertiary/aromatic N) is 1. The fraction of sp³-hybridized carbons (Fsp3) is 0.231. The number of carbonyl (C=O) groups is 1. The fourth-order valence-electron chi connectivity index (χ4n) is 4.04. The third kappa shape index (κ3) is 5.32. The van der Waals surface area contributed by atoms with Gasteiger partial charge in [0.05, 0.1) is 5.52 Å². The number of benzene rings is 2. The van der Waals surface area contributed by atoms with Crippen LogP contribution in [0.25, 0.3) is 10.9 Å². The van der Waals surface area contributed by atoms with E-state index in [0.717, 1.165) is 27.8 Å². The van der Waals surface area contributed by atoms with Crippen molar-refractivity contribution in [1.82, 2.24) is 9.97 Å². The highest BCUT2D eigenvalue weighted by Crippen LogP contribution is 2.32. The molecule has 0 saturated heterocycles. The van der Waals surface area contributed by atoms with Crippen LogP contribution < -0.4 is 10.5 Å². The molecule has 2 aromatic heterocycles. The molecule has 0 bridgehead atoms. The Bertz CT molecular complexity index is 1190. The molecule has 4 N–H and O–H groups in total. The maximum absolute atomic E-state index is 11.5. The van der Waals surface area contributed by atoms with Gasteiger partial charge in [-0.3, -0.25) is 4.98 Å². The summed E-state index contributed by atoms with van der Waals surface area (Å²) in [6.45, 7) is 2.39. The Kier molecular flexibility index (Phi) is 6.90. The summed E-state index contributed by atoms with van der Waals surface area (Å²) in [4.78, 5) is 18.9. The van der Waals surface area contributed by atoms with E-state index < -0.39 is 18.3 Å². The second kappa shape index (κ2) is 10.2. The minimum absolute atomic E-state index is 0.222. The monoisotopic (exact) mass is 445 g/mol. The number of hydrogen-bond donors (Lipinski definition) is 3. The molecule has 7 nitrogen and oxygen atoms in total. The molecule has 0 aliphatic heterocycles. The number of pyridine rings is 1. The highest BCUT2D eigenvalue weighted by atomic mass is 16.6. The quantitative estimate of drug-likeness (QED) is 0.351. The molecule has 2 aromatic carbocycles. The first-order valence-corrected chi connectivity index (χ1v) is 10.8. The highest BCUT2D eigenvalue weighted by Gasteiger charge is 2.30. The number of aromatic amines is 1. The number of ether oxygens (including phenoxy) is 2. The molecule has 3 atom stereocenters. The molecule has 0 fully saturated rings. The minimum atomic E-state index is -1.05. The second-order valence-electron chi connectivity index (χ2n) is 8.08. The highest BCUT2D eigenvalue weighted by molar-refractivity contribution is 5.88. The number of nitrogens with one attached hydrogen (secondary N) is 1. The lowest BCUT2D eigenvalue weighted by Gasteiger charge is -2.28. The first-order chi connectivity index (χ1) is 16.0. The number of hydrogen-bond acceptors (Lipinski definition) is 5. The van der Waals surface area contributed by atoms with Crippen LogP contribution in [0.4, 0.5) is 4.79 Å². The van der Waals surface area contributed by atoms with Gasteiger partial charge in [0, 0.05) is 35.5 Å². The Morgan fingerprint density at radius 1 is 1.12 bits per heavy atom. The Morgan fingerprint density at radius 3 is 2.67 bits per heavy atom.